The molecule has 0 saturated heterocycles. The summed E-state index contributed by atoms with van der Waals surface area (Å²) in [5.41, 5.74) is 2.11. The highest BCUT2D eigenvalue weighted by molar-refractivity contribution is 7.16. The molecule has 3 aromatic rings. The SMILES string of the molecule is COc1ccc(C2CC2C(=O)Nc2nc(-c3cccs3)cs2)cc1. The Labute approximate surface area is 148 Å². The van der Waals surface area contributed by atoms with Gasteiger partial charge >= 0.3 is 0 Å². The van der Waals surface area contributed by atoms with Crippen molar-refractivity contribution < 1.29 is 9.53 Å². The lowest BCUT2D eigenvalue weighted by Crippen LogP contribution is -2.14. The Morgan fingerprint density at radius 2 is 2.08 bits per heavy atom. The Kier molecular flexibility index (Phi) is 4.08. The van der Waals surface area contributed by atoms with E-state index in [4.69, 9.17) is 4.74 Å². The van der Waals surface area contributed by atoms with Crippen molar-refractivity contribution in [2.75, 3.05) is 12.4 Å². The number of nitrogens with zero attached hydrogens (tertiary/aromatic N) is 1. The molecule has 1 amide bonds. The molecule has 122 valence electrons. The molecule has 2 unspecified atom stereocenters. The lowest BCUT2D eigenvalue weighted by Gasteiger charge is -2.03. The molecule has 1 aliphatic rings. The third-order valence-electron chi connectivity index (χ3n) is 4.18. The van der Waals surface area contributed by atoms with Crippen LogP contribution < -0.4 is 10.1 Å². The van der Waals surface area contributed by atoms with E-state index in [1.165, 1.54) is 16.9 Å². The first-order valence-corrected chi connectivity index (χ1v) is 9.45. The summed E-state index contributed by atoms with van der Waals surface area (Å²) in [6.07, 6.45) is 0.890. The minimum atomic E-state index is 0.0347. The van der Waals surface area contributed by atoms with Gasteiger partial charge in [-0.05, 0) is 41.5 Å². The van der Waals surface area contributed by atoms with Crippen LogP contribution in [0.1, 0.15) is 17.9 Å². The predicted molar refractivity (Wildman–Crippen MR) is 97.9 cm³/mol. The van der Waals surface area contributed by atoms with Crippen LogP contribution in [0.3, 0.4) is 0 Å². The Bertz CT molecular complexity index is 840. The van der Waals surface area contributed by atoms with Crippen molar-refractivity contribution >= 4 is 33.7 Å². The number of anilines is 1. The van der Waals surface area contributed by atoms with Crippen molar-refractivity contribution in [2.45, 2.75) is 12.3 Å². The zero-order valence-electron chi connectivity index (χ0n) is 13.1. The first-order chi connectivity index (χ1) is 11.7. The summed E-state index contributed by atoms with van der Waals surface area (Å²) in [4.78, 5) is 18.0. The van der Waals surface area contributed by atoms with E-state index in [-0.39, 0.29) is 11.8 Å². The number of rotatable bonds is 5. The monoisotopic (exact) mass is 356 g/mol. The second-order valence-corrected chi connectivity index (χ2v) is 7.53. The van der Waals surface area contributed by atoms with E-state index in [9.17, 15) is 4.79 Å². The second kappa shape index (κ2) is 6.37. The molecular weight excluding hydrogens is 340 g/mol. The molecule has 0 aliphatic heterocycles. The van der Waals surface area contributed by atoms with Gasteiger partial charge in [0.1, 0.15) is 5.75 Å². The zero-order valence-corrected chi connectivity index (χ0v) is 14.7. The van der Waals surface area contributed by atoms with Crippen LogP contribution in [0.5, 0.6) is 5.75 Å². The van der Waals surface area contributed by atoms with Crippen LogP contribution in [0.15, 0.2) is 47.2 Å². The van der Waals surface area contributed by atoms with Gasteiger partial charge in [0.05, 0.1) is 17.7 Å². The van der Waals surface area contributed by atoms with Gasteiger partial charge in [-0.25, -0.2) is 4.98 Å². The fourth-order valence-electron chi connectivity index (χ4n) is 2.77. The Balaban J connectivity index is 1.39. The molecule has 1 aromatic carbocycles. The fraction of sp³-hybridized carbons (Fsp3) is 0.222. The molecule has 2 aromatic heterocycles. The zero-order chi connectivity index (χ0) is 16.5. The molecule has 0 spiro atoms. The highest BCUT2D eigenvalue weighted by Gasteiger charge is 2.44. The number of benzene rings is 1. The van der Waals surface area contributed by atoms with Crippen molar-refractivity contribution in [1.29, 1.82) is 0 Å². The van der Waals surface area contributed by atoms with Crippen LogP contribution in [-0.2, 0) is 4.79 Å². The number of aromatic nitrogens is 1. The van der Waals surface area contributed by atoms with Gasteiger partial charge in [0.15, 0.2) is 5.13 Å². The number of thiophene rings is 1. The molecule has 1 fully saturated rings. The minimum Gasteiger partial charge on any atom is -0.497 e. The molecule has 0 radical (unpaired) electrons. The number of methoxy groups -OCH3 is 1. The maximum absolute atomic E-state index is 12.4. The topological polar surface area (TPSA) is 51.2 Å². The highest BCUT2D eigenvalue weighted by Crippen LogP contribution is 2.48. The van der Waals surface area contributed by atoms with Crippen LogP contribution in [0.4, 0.5) is 5.13 Å². The molecular formula is C18H16N2O2S2. The van der Waals surface area contributed by atoms with E-state index in [0.29, 0.717) is 11.0 Å². The van der Waals surface area contributed by atoms with Crippen molar-refractivity contribution in [3.05, 3.63) is 52.7 Å². The maximum Gasteiger partial charge on any atom is 0.229 e. The summed E-state index contributed by atoms with van der Waals surface area (Å²) in [7, 11) is 1.65. The summed E-state index contributed by atoms with van der Waals surface area (Å²) in [6, 6.07) is 12.0. The number of nitrogens with one attached hydrogen (secondary N) is 1. The molecule has 2 heterocycles. The third kappa shape index (κ3) is 3.07. The molecule has 2 atom stereocenters. The first-order valence-electron chi connectivity index (χ1n) is 7.69. The molecule has 1 saturated carbocycles. The smallest absolute Gasteiger partial charge is 0.229 e. The normalized spacial score (nSPS) is 19.0. The van der Waals surface area contributed by atoms with Gasteiger partial charge < -0.3 is 10.1 Å². The van der Waals surface area contributed by atoms with E-state index < -0.39 is 0 Å². The van der Waals surface area contributed by atoms with Crippen LogP contribution in [0, 0.1) is 5.92 Å². The average molecular weight is 356 g/mol. The van der Waals surface area contributed by atoms with Crippen LogP contribution in [-0.4, -0.2) is 18.0 Å². The van der Waals surface area contributed by atoms with Crippen molar-refractivity contribution in [1.82, 2.24) is 4.98 Å². The summed E-state index contributed by atoms with van der Waals surface area (Å²) in [5.74, 6) is 1.23. The highest BCUT2D eigenvalue weighted by atomic mass is 32.1. The molecule has 1 N–H and O–H groups in total. The number of carbonyl (C=O) groups excluding carboxylic acids is 1. The third-order valence-corrected chi connectivity index (χ3v) is 5.83. The summed E-state index contributed by atoms with van der Waals surface area (Å²) < 4.78 is 5.17. The largest absolute Gasteiger partial charge is 0.497 e. The van der Waals surface area contributed by atoms with E-state index in [2.05, 4.69) is 10.3 Å². The Hall–Kier alpha value is -2.18. The van der Waals surface area contributed by atoms with E-state index in [0.717, 1.165) is 22.7 Å². The number of carbonyl (C=O) groups is 1. The molecule has 4 rings (SSSR count). The number of ether oxygens (including phenoxy) is 1. The molecule has 0 bridgehead atoms. The molecule has 6 heteroatoms. The van der Waals surface area contributed by atoms with Crippen LogP contribution in [0.25, 0.3) is 10.6 Å². The van der Waals surface area contributed by atoms with E-state index in [1.807, 2.05) is 47.2 Å². The lowest BCUT2D eigenvalue weighted by atomic mass is 10.1. The van der Waals surface area contributed by atoms with E-state index >= 15 is 0 Å². The Morgan fingerprint density at radius 1 is 1.25 bits per heavy atom. The first kappa shape index (κ1) is 15.4. The number of thiazole rings is 1. The second-order valence-electron chi connectivity index (χ2n) is 5.73. The quantitative estimate of drug-likeness (QED) is 0.725. The summed E-state index contributed by atoms with van der Waals surface area (Å²) >= 11 is 3.12. The Morgan fingerprint density at radius 3 is 2.79 bits per heavy atom. The van der Waals surface area contributed by atoms with Gasteiger partial charge in [-0.1, -0.05) is 18.2 Å². The molecule has 24 heavy (non-hydrogen) atoms. The standard InChI is InChI=1S/C18H16N2O2S2/c1-22-12-6-4-11(5-7-12)13-9-14(13)17(21)20-18-19-15(10-24-18)16-3-2-8-23-16/h2-8,10,13-14H,9H2,1H3,(H,19,20,21). The van der Waals surface area contributed by atoms with Crippen LogP contribution >= 0.6 is 22.7 Å². The predicted octanol–water partition coefficient (Wildman–Crippen LogP) is 4.62. The van der Waals surface area contributed by atoms with Crippen molar-refractivity contribution in [3.63, 3.8) is 0 Å². The van der Waals surface area contributed by atoms with E-state index in [1.54, 1.807) is 18.4 Å². The number of amides is 1. The van der Waals surface area contributed by atoms with Gasteiger partial charge in [0, 0.05) is 11.3 Å². The summed E-state index contributed by atoms with van der Waals surface area (Å²) in [5, 5.41) is 7.63. The van der Waals surface area contributed by atoms with Gasteiger partial charge in [0.2, 0.25) is 5.91 Å². The lowest BCUT2D eigenvalue weighted by molar-refractivity contribution is -0.117. The minimum absolute atomic E-state index is 0.0347. The van der Waals surface area contributed by atoms with Crippen molar-refractivity contribution in [3.8, 4) is 16.3 Å². The molecule has 1 aliphatic carbocycles. The fourth-order valence-corrected chi connectivity index (χ4v) is 4.25. The maximum atomic E-state index is 12.4. The molecule has 4 nitrogen and oxygen atoms in total. The van der Waals surface area contributed by atoms with Gasteiger partial charge in [-0.3, -0.25) is 4.79 Å². The van der Waals surface area contributed by atoms with Gasteiger partial charge in [0.25, 0.3) is 0 Å². The van der Waals surface area contributed by atoms with Gasteiger partial charge in [-0.15, -0.1) is 22.7 Å². The average Bonchev–Trinajstić information content (AvgIpc) is 3.00. The number of hydrogen-bond donors (Lipinski definition) is 1. The number of hydrogen-bond acceptors (Lipinski definition) is 5. The van der Waals surface area contributed by atoms with Gasteiger partial charge in [-0.2, -0.15) is 0 Å². The van der Waals surface area contributed by atoms with Crippen molar-refractivity contribution in [2.24, 2.45) is 5.92 Å². The van der Waals surface area contributed by atoms with Crippen LogP contribution in [0.2, 0.25) is 0 Å². The summed E-state index contributed by atoms with van der Waals surface area (Å²) in [6.45, 7) is 0.